The Hall–Kier alpha value is -1.23. The highest BCUT2D eigenvalue weighted by Crippen LogP contribution is 2.24. The quantitative estimate of drug-likeness (QED) is 0.863. The smallest absolute Gasteiger partial charge is 0.238 e. The third-order valence-corrected chi connectivity index (χ3v) is 4.86. The van der Waals surface area contributed by atoms with E-state index in [1.165, 1.54) is 12.1 Å². The van der Waals surface area contributed by atoms with Gasteiger partial charge in [-0.05, 0) is 38.3 Å². The summed E-state index contributed by atoms with van der Waals surface area (Å²) in [7, 11) is -3.78. The van der Waals surface area contributed by atoms with Crippen LogP contribution in [0.4, 0.5) is 5.69 Å². The van der Waals surface area contributed by atoms with Crippen molar-refractivity contribution in [3.8, 4) is 6.07 Å². The molecule has 1 rings (SSSR count). The van der Waals surface area contributed by atoms with Crippen LogP contribution >= 0.6 is 11.8 Å². The standard InChI is InChI=1S/C12H17N3O2S2/c1-12(2,18-3)8-15-11-5-4-10(19(14,16)17)6-9(11)7-13/h4-6,15H,8H2,1-3H3,(H2,14,16,17). The lowest BCUT2D eigenvalue weighted by Gasteiger charge is -2.23. The Labute approximate surface area is 118 Å². The van der Waals surface area contributed by atoms with Crippen molar-refractivity contribution in [3.63, 3.8) is 0 Å². The normalized spacial score (nSPS) is 11.9. The van der Waals surface area contributed by atoms with Crippen molar-refractivity contribution in [2.24, 2.45) is 5.14 Å². The molecular formula is C12H17N3O2S2. The van der Waals surface area contributed by atoms with Crippen LogP contribution in [0.15, 0.2) is 23.1 Å². The molecule has 0 bridgehead atoms. The number of rotatable bonds is 5. The van der Waals surface area contributed by atoms with Crippen LogP contribution in [0.25, 0.3) is 0 Å². The van der Waals surface area contributed by atoms with Crippen molar-refractivity contribution in [1.82, 2.24) is 0 Å². The van der Waals surface area contributed by atoms with Gasteiger partial charge in [0.05, 0.1) is 16.1 Å². The van der Waals surface area contributed by atoms with E-state index in [4.69, 9.17) is 10.4 Å². The topological polar surface area (TPSA) is 96.0 Å². The van der Waals surface area contributed by atoms with E-state index in [1.54, 1.807) is 17.8 Å². The molecule has 0 unspecified atom stereocenters. The minimum absolute atomic E-state index is 0.0192. The highest BCUT2D eigenvalue weighted by atomic mass is 32.2. The Kier molecular flexibility index (Phi) is 4.85. The summed E-state index contributed by atoms with van der Waals surface area (Å²) in [5.41, 5.74) is 0.875. The highest BCUT2D eigenvalue weighted by molar-refractivity contribution is 7.99. The number of hydrogen-bond acceptors (Lipinski definition) is 5. The number of thioether (sulfide) groups is 1. The molecule has 0 saturated carbocycles. The first-order valence-corrected chi connectivity index (χ1v) is 8.33. The Balaban J connectivity index is 3.02. The molecule has 0 radical (unpaired) electrons. The minimum atomic E-state index is -3.78. The highest BCUT2D eigenvalue weighted by Gasteiger charge is 2.17. The van der Waals surface area contributed by atoms with E-state index < -0.39 is 10.0 Å². The number of nitrogens with zero attached hydrogens (tertiary/aromatic N) is 1. The summed E-state index contributed by atoms with van der Waals surface area (Å²) in [5.74, 6) is 0. The maximum Gasteiger partial charge on any atom is 0.238 e. The molecule has 0 aliphatic heterocycles. The van der Waals surface area contributed by atoms with Crippen molar-refractivity contribution < 1.29 is 8.42 Å². The molecular weight excluding hydrogens is 282 g/mol. The van der Waals surface area contributed by atoms with Crippen LogP contribution in [0, 0.1) is 11.3 Å². The largest absolute Gasteiger partial charge is 0.383 e. The van der Waals surface area contributed by atoms with Crippen LogP contribution in [0.2, 0.25) is 0 Å². The van der Waals surface area contributed by atoms with Crippen molar-refractivity contribution in [1.29, 1.82) is 5.26 Å². The number of primary sulfonamides is 1. The Bertz CT molecular complexity index is 604. The van der Waals surface area contributed by atoms with Gasteiger partial charge in [0.1, 0.15) is 6.07 Å². The molecule has 0 fully saturated rings. The number of hydrogen-bond donors (Lipinski definition) is 2. The molecule has 0 aliphatic carbocycles. The number of nitrogens with two attached hydrogens (primary N) is 1. The molecule has 0 aromatic heterocycles. The van der Waals surface area contributed by atoms with Gasteiger partial charge in [0.2, 0.25) is 10.0 Å². The van der Waals surface area contributed by atoms with E-state index in [9.17, 15) is 8.42 Å². The van der Waals surface area contributed by atoms with Gasteiger partial charge in [-0.25, -0.2) is 13.6 Å². The van der Waals surface area contributed by atoms with Gasteiger partial charge >= 0.3 is 0 Å². The van der Waals surface area contributed by atoms with Gasteiger partial charge in [0.15, 0.2) is 0 Å². The SMILES string of the molecule is CSC(C)(C)CNc1ccc(S(N)(=O)=O)cc1C#N. The summed E-state index contributed by atoms with van der Waals surface area (Å²) in [5, 5.41) is 17.3. The summed E-state index contributed by atoms with van der Waals surface area (Å²) in [6.07, 6.45) is 2.01. The molecule has 0 heterocycles. The lowest BCUT2D eigenvalue weighted by Crippen LogP contribution is -2.26. The first-order valence-electron chi connectivity index (χ1n) is 5.55. The number of nitrogens with one attached hydrogen (secondary N) is 1. The zero-order chi connectivity index (χ0) is 14.7. The number of benzene rings is 1. The van der Waals surface area contributed by atoms with Crippen molar-refractivity contribution in [2.45, 2.75) is 23.5 Å². The Morgan fingerprint density at radius 1 is 1.47 bits per heavy atom. The van der Waals surface area contributed by atoms with E-state index in [-0.39, 0.29) is 15.2 Å². The van der Waals surface area contributed by atoms with Crippen LogP contribution in [0.1, 0.15) is 19.4 Å². The number of nitriles is 1. The van der Waals surface area contributed by atoms with Gasteiger partial charge in [-0.2, -0.15) is 17.0 Å². The predicted octanol–water partition coefficient (Wildman–Crippen LogP) is 1.76. The van der Waals surface area contributed by atoms with Crippen LogP contribution < -0.4 is 10.5 Å². The summed E-state index contributed by atoms with van der Waals surface area (Å²) >= 11 is 1.71. The second-order valence-electron chi connectivity index (χ2n) is 4.68. The molecule has 1 aromatic rings. The van der Waals surface area contributed by atoms with Crippen LogP contribution in [0.5, 0.6) is 0 Å². The average molecular weight is 299 g/mol. The monoisotopic (exact) mass is 299 g/mol. The summed E-state index contributed by atoms with van der Waals surface area (Å²) in [4.78, 5) is -0.0567. The molecule has 0 amide bonds. The average Bonchev–Trinajstić information content (AvgIpc) is 2.35. The van der Waals surface area contributed by atoms with E-state index >= 15 is 0 Å². The van der Waals surface area contributed by atoms with Gasteiger partial charge in [-0.1, -0.05) is 0 Å². The molecule has 0 spiro atoms. The van der Waals surface area contributed by atoms with Gasteiger partial charge in [-0.3, -0.25) is 0 Å². The number of sulfonamides is 1. The molecule has 104 valence electrons. The van der Waals surface area contributed by atoms with E-state index in [0.29, 0.717) is 12.2 Å². The lowest BCUT2D eigenvalue weighted by atomic mass is 10.1. The molecule has 1 aromatic carbocycles. The minimum Gasteiger partial charge on any atom is -0.383 e. The fourth-order valence-electron chi connectivity index (χ4n) is 1.33. The fourth-order valence-corrected chi connectivity index (χ4v) is 2.08. The van der Waals surface area contributed by atoms with E-state index in [1.807, 2.05) is 12.3 Å². The fraction of sp³-hybridized carbons (Fsp3) is 0.417. The molecule has 0 saturated heterocycles. The van der Waals surface area contributed by atoms with Gasteiger partial charge in [0, 0.05) is 11.3 Å². The maximum atomic E-state index is 11.2. The number of anilines is 1. The second kappa shape index (κ2) is 5.82. The van der Waals surface area contributed by atoms with Gasteiger partial charge in [-0.15, -0.1) is 0 Å². The molecule has 5 nitrogen and oxygen atoms in total. The third kappa shape index (κ3) is 4.42. The molecule has 0 atom stereocenters. The summed E-state index contributed by atoms with van der Waals surface area (Å²) in [6, 6.07) is 6.21. The molecule has 0 aliphatic rings. The molecule has 7 heteroatoms. The Morgan fingerprint density at radius 3 is 2.58 bits per heavy atom. The van der Waals surface area contributed by atoms with Gasteiger partial charge in [0.25, 0.3) is 0 Å². The van der Waals surface area contributed by atoms with Crippen molar-refractivity contribution in [3.05, 3.63) is 23.8 Å². The predicted molar refractivity (Wildman–Crippen MR) is 78.6 cm³/mol. The van der Waals surface area contributed by atoms with Gasteiger partial charge < -0.3 is 5.32 Å². The van der Waals surface area contributed by atoms with Crippen LogP contribution in [-0.2, 0) is 10.0 Å². The van der Waals surface area contributed by atoms with Crippen LogP contribution in [0.3, 0.4) is 0 Å². The zero-order valence-electron chi connectivity index (χ0n) is 11.1. The van der Waals surface area contributed by atoms with Crippen LogP contribution in [-0.4, -0.2) is 26.0 Å². The molecule has 3 N–H and O–H groups in total. The second-order valence-corrected chi connectivity index (χ2v) is 7.76. The van der Waals surface area contributed by atoms with Crippen molar-refractivity contribution in [2.75, 3.05) is 18.1 Å². The molecule has 19 heavy (non-hydrogen) atoms. The first kappa shape index (κ1) is 15.8. The summed E-state index contributed by atoms with van der Waals surface area (Å²) in [6.45, 7) is 4.82. The summed E-state index contributed by atoms with van der Waals surface area (Å²) < 4.78 is 22.5. The van der Waals surface area contributed by atoms with E-state index in [2.05, 4.69) is 19.2 Å². The van der Waals surface area contributed by atoms with Crippen molar-refractivity contribution >= 4 is 27.5 Å². The third-order valence-electron chi connectivity index (χ3n) is 2.70. The maximum absolute atomic E-state index is 11.2. The van der Waals surface area contributed by atoms with E-state index in [0.717, 1.165) is 0 Å². The zero-order valence-corrected chi connectivity index (χ0v) is 12.7. The lowest BCUT2D eigenvalue weighted by molar-refractivity contribution is 0.598. The Morgan fingerprint density at radius 2 is 2.11 bits per heavy atom. The first-order chi connectivity index (χ1) is 8.69.